The number of nitrogens with zero attached hydrogens (tertiary/aromatic N) is 4. The normalized spacial score (nSPS) is 17.0. The zero-order chi connectivity index (χ0) is 12.0. The molecule has 0 spiro atoms. The Balaban J connectivity index is 2.07. The summed E-state index contributed by atoms with van der Waals surface area (Å²) >= 11 is 0. The van der Waals surface area contributed by atoms with Gasteiger partial charge in [0.15, 0.2) is 5.69 Å². The average molecular weight is 234 g/mol. The highest BCUT2D eigenvalue weighted by atomic mass is 16.4. The van der Waals surface area contributed by atoms with Crippen molar-refractivity contribution in [2.24, 2.45) is 7.05 Å². The van der Waals surface area contributed by atoms with Crippen LogP contribution >= 0.6 is 0 Å². The van der Waals surface area contributed by atoms with Gasteiger partial charge < -0.3 is 5.11 Å². The van der Waals surface area contributed by atoms with E-state index in [2.05, 4.69) is 10.1 Å². The minimum atomic E-state index is -1.02. The molecule has 1 aliphatic rings. The average Bonchev–Trinajstić information content (AvgIpc) is 2.95. The van der Waals surface area contributed by atoms with Crippen molar-refractivity contribution in [2.75, 3.05) is 0 Å². The van der Waals surface area contributed by atoms with Crippen LogP contribution < -0.4 is 0 Å². The Morgan fingerprint density at radius 1 is 1.47 bits per heavy atom. The second-order valence-electron chi connectivity index (χ2n) is 4.57. The van der Waals surface area contributed by atoms with E-state index < -0.39 is 5.97 Å². The van der Waals surface area contributed by atoms with Gasteiger partial charge in [0, 0.05) is 13.0 Å². The number of carboxylic acids is 1. The van der Waals surface area contributed by atoms with Crippen LogP contribution in [0.1, 0.15) is 47.9 Å². The maximum atomic E-state index is 10.8. The zero-order valence-corrected chi connectivity index (χ0v) is 9.63. The van der Waals surface area contributed by atoms with Crippen LogP contribution in [0.4, 0.5) is 0 Å². The molecule has 2 aromatic rings. The molecule has 0 amide bonds. The molecule has 1 aliphatic carbocycles. The van der Waals surface area contributed by atoms with Crippen LogP contribution in [0.15, 0.2) is 6.20 Å². The van der Waals surface area contributed by atoms with Gasteiger partial charge in [-0.3, -0.25) is 4.57 Å². The van der Waals surface area contributed by atoms with Crippen molar-refractivity contribution in [3.63, 3.8) is 0 Å². The number of aryl methyl sites for hydroxylation is 1. The SMILES string of the molecule is Cn1c(C2CCCC2)nn2cc(C(=O)O)nc12. The largest absolute Gasteiger partial charge is 0.476 e. The molecule has 1 saturated carbocycles. The fourth-order valence-electron chi connectivity index (χ4n) is 2.59. The van der Waals surface area contributed by atoms with Gasteiger partial charge in [-0.2, -0.15) is 5.10 Å². The lowest BCUT2D eigenvalue weighted by Gasteiger charge is -2.06. The monoisotopic (exact) mass is 234 g/mol. The van der Waals surface area contributed by atoms with E-state index in [0.29, 0.717) is 11.7 Å². The van der Waals surface area contributed by atoms with Crippen LogP contribution in [-0.4, -0.2) is 30.2 Å². The van der Waals surface area contributed by atoms with E-state index in [1.54, 1.807) is 4.52 Å². The molecular weight excluding hydrogens is 220 g/mol. The van der Waals surface area contributed by atoms with Gasteiger partial charge in [-0.25, -0.2) is 14.3 Å². The molecule has 0 bridgehead atoms. The van der Waals surface area contributed by atoms with Crippen molar-refractivity contribution in [1.29, 1.82) is 0 Å². The molecule has 2 heterocycles. The fourth-order valence-corrected chi connectivity index (χ4v) is 2.59. The summed E-state index contributed by atoms with van der Waals surface area (Å²) in [4.78, 5) is 14.9. The Kier molecular flexibility index (Phi) is 2.17. The van der Waals surface area contributed by atoms with Crippen LogP contribution in [0, 0.1) is 0 Å². The Morgan fingerprint density at radius 3 is 2.76 bits per heavy atom. The molecule has 3 rings (SSSR count). The number of aromatic nitrogens is 4. The number of carbonyl (C=O) groups is 1. The van der Waals surface area contributed by atoms with Gasteiger partial charge in [0.25, 0.3) is 0 Å². The van der Waals surface area contributed by atoms with Crippen LogP contribution in [0.2, 0.25) is 0 Å². The lowest BCUT2D eigenvalue weighted by Crippen LogP contribution is -2.04. The summed E-state index contributed by atoms with van der Waals surface area (Å²) in [7, 11) is 1.90. The second-order valence-corrected chi connectivity index (χ2v) is 4.57. The Morgan fingerprint density at radius 2 is 2.18 bits per heavy atom. The molecule has 0 aliphatic heterocycles. The van der Waals surface area contributed by atoms with Crippen LogP contribution in [0.5, 0.6) is 0 Å². The third-order valence-electron chi connectivity index (χ3n) is 3.46. The number of hydrogen-bond donors (Lipinski definition) is 1. The summed E-state index contributed by atoms with van der Waals surface area (Å²) in [5, 5.41) is 13.3. The van der Waals surface area contributed by atoms with Crippen LogP contribution in [0.25, 0.3) is 5.78 Å². The van der Waals surface area contributed by atoms with Gasteiger partial charge in [-0.05, 0) is 12.8 Å². The third-order valence-corrected chi connectivity index (χ3v) is 3.46. The molecule has 90 valence electrons. The van der Waals surface area contributed by atoms with Gasteiger partial charge in [-0.15, -0.1) is 0 Å². The molecule has 0 aromatic carbocycles. The van der Waals surface area contributed by atoms with Crippen LogP contribution in [0.3, 0.4) is 0 Å². The van der Waals surface area contributed by atoms with Crippen molar-refractivity contribution in [2.45, 2.75) is 31.6 Å². The maximum absolute atomic E-state index is 10.8. The summed E-state index contributed by atoms with van der Waals surface area (Å²) in [6.07, 6.45) is 6.30. The first-order chi connectivity index (χ1) is 8.16. The van der Waals surface area contributed by atoms with E-state index >= 15 is 0 Å². The van der Waals surface area contributed by atoms with Crippen molar-refractivity contribution in [3.8, 4) is 0 Å². The quantitative estimate of drug-likeness (QED) is 0.853. The first kappa shape index (κ1) is 10.3. The van der Waals surface area contributed by atoms with Crippen molar-refractivity contribution in [3.05, 3.63) is 17.7 Å². The molecular formula is C11H14N4O2. The summed E-state index contributed by atoms with van der Waals surface area (Å²) in [5.74, 6) is 1.10. The molecule has 17 heavy (non-hydrogen) atoms. The predicted octanol–water partition coefficient (Wildman–Crippen LogP) is 1.42. The lowest BCUT2D eigenvalue weighted by molar-refractivity contribution is 0.0691. The minimum Gasteiger partial charge on any atom is -0.476 e. The van der Waals surface area contributed by atoms with E-state index in [1.165, 1.54) is 31.9 Å². The van der Waals surface area contributed by atoms with Gasteiger partial charge in [0.2, 0.25) is 5.78 Å². The first-order valence-corrected chi connectivity index (χ1v) is 5.82. The Labute approximate surface area is 97.9 Å². The number of rotatable bonds is 2. The van der Waals surface area contributed by atoms with Gasteiger partial charge >= 0.3 is 5.97 Å². The van der Waals surface area contributed by atoms with E-state index in [1.807, 2.05) is 11.6 Å². The number of imidazole rings is 1. The highest BCUT2D eigenvalue weighted by molar-refractivity contribution is 5.85. The number of carboxylic acid groups (broad SMARTS) is 1. The standard InChI is InChI=1S/C11H14N4O2/c1-14-9(7-4-2-3-5-7)13-15-6-8(10(16)17)12-11(14)15/h6-7H,2-5H2,1H3,(H,16,17). The van der Waals surface area contributed by atoms with Crippen molar-refractivity contribution >= 4 is 11.7 Å². The molecule has 2 aromatic heterocycles. The zero-order valence-electron chi connectivity index (χ0n) is 9.63. The first-order valence-electron chi connectivity index (χ1n) is 5.82. The van der Waals surface area contributed by atoms with Crippen molar-refractivity contribution < 1.29 is 9.90 Å². The summed E-state index contributed by atoms with van der Waals surface area (Å²) in [5.41, 5.74) is 0.0427. The van der Waals surface area contributed by atoms with E-state index in [-0.39, 0.29) is 5.69 Å². The van der Waals surface area contributed by atoms with Crippen LogP contribution in [-0.2, 0) is 7.05 Å². The number of aromatic carboxylic acids is 1. The Hall–Kier alpha value is -1.85. The lowest BCUT2D eigenvalue weighted by atomic mass is 10.1. The maximum Gasteiger partial charge on any atom is 0.356 e. The molecule has 0 unspecified atom stereocenters. The summed E-state index contributed by atoms with van der Waals surface area (Å²) < 4.78 is 3.47. The third kappa shape index (κ3) is 1.51. The summed E-state index contributed by atoms with van der Waals surface area (Å²) in [6, 6.07) is 0. The van der Waals surface area contributed by atoms with Gasteiger partial charge in [0.1, 0.15) is 5.82 Å². The van der Waals surface area contributed by atoms with Gasteiger partial charge in [0.05, 0.1) is 6.20 Å². The molecule has 6 heteroatoms. The molecule has 0 saturated heterocycles. The van der Waals surface area contributed by atoms with Gasteiger partial charge in [-0.1, -0.05) is 12.8 Å². The minimum absolute atomic E-state index is 0.0427. The molecule has 0 atom stereocenters. The Bertz CT molecular complexity index is 578. The topological polar surface area (TPSA) is 72.4 Å². The summed E-state index contributed by atoms with van der Waals surface area (Å²) in [6.45, 7) is 0. The van der Waals surface area contributed by atoms with Crippen molar-refractivity contribution in [1.82, 2.24) is 19.2 Å². The molecule has 1 fully saturated rings. The highest BCUT2D eigenvalue weighted by Gasteiger charge is 2.24. The predicted molar refractivity (Wildman–Crippen MR) is 60.1 cm³/mol. The molecule has 0 radical (unpaired) electrons. The highest BCUT2D eigenvalue weighted by Crippen LogP contribution is 2.33. The second kappa shape index (κ2) is 3.58. The van der Waals surface area contributed by atoms with E-state index in [0.717, 1.165) is 5.82 Å². The fraction of sp³-hybridized carbons (Fsp3) is 0.545. The van der Waals surface area contributed by atoms with E-state index in [4.69, 9.17) is 5.11 Å². The number of fused-ring (bicyclic) bond motifs is 1. The smallest absolute Gasteiger partial charge is 0.356 e. The molecule has 6 nitrogen and oxygen atoms in total. The number of hydrogen-bond acceptors (Lipinski definition) is 3. The molecule has 1 N–H and O–H groups in total. The van der Waals surface area contributed by atoms with E-state index in [9.17, 15) is 4.79 Å².